The van der Waals surface area contributed by atoms with Crippen LogP contribution in [0.1, 0.15) is 22.8 Å². The third-order valence-electron chi connectivity index (χ3n) is 3.78. The maximum atomic E-state index is 12.1. The largest absolute Gasteiger partial charge is 0.486 e. The Morgan fingerprint density at radius 3 is 2.64 bits per heavy atom. The molecule has 0 bridgehead atoms. The summed E-state index contributed by atoms with van der Waals surface area (Å²) in [5.74, 6) is 0.126. The number of anilines is 1. The molecule has 2 aromatic carbocycles. The van der Waals surface area contributed by atoms with Crippen LogP contribution in [-0.4, -0.2) is 31.7 Å². The van der Waals surface area contributed by atoms with E-state index in [-0.39, 0.29) is 12.5 Å². The predicted octanol–water partition coefficient (Wildman–Crippen LogP) is 2.82. The van der Waals surface area contributed by atoms with Gasteiger partial charge in [-0.3, -0.25) is 4.79 Å². The molecule has 0 spiro atoms. The molecule has 0 unspecified atom stereocenters. The summed E-state index contributed by atoms with van der Waals surface area (Å²) in [5.41, 5.74) is 2.06. The van der Waals surface area contributed by atoms with Crippen LogP contribution >= 0.6 is 0 Å². The van der Waals surface area contributed by atoms with Crippen molar-refractivity contribution in [2.45, 2.75) is 13.3 Å². The van der Waals surface area contributed by atoms with Crippen LogP contribution in [0.15, 0.2) is 42.5 Å². The number of aryl methyl sites for hydroxylation is 1. The zero-order chi connectivity index (χ0) is 17.6. The summed E-state index contributed by atoms with van der Waals surface area (Å²) < 4.78 is 15.9. The number of hydrogen-bond donors (Lipinski definition) is 1. The smallest absolute Gasteiger partial charge is 0.338 e. The first-order valence-electron chi connectivity index (χ1n) is 8.12. The van der Waals surface area contributed by atoms with E-state index < -0.39 is 5.97 Å². The Hall–Kier alpha value is -3.02. The van der Waals surface area contributed by atoms with E-state index in [0.29, 0.717) is 30.3 Å². The van der Waals surface area contributed by atoms with Gasteiger partial charge in [-0.2, -0.15) is 0 Å². The van der Waals surface area contributed by atoms with Gasteiger partial charge >= 0.3 is 5.97 Å². The number of hydrogen-bond acceptors (Lipinski definition) is 5. The third kappa shape index (κ3) is 4.09. The van der Waals surface area contributed by atoms with Crippen LogP contribution in [0.2, 0.25) is 0 Å². The molecule has 25 heavy (non-hydrogen) atoms. The van der Waals surface area contributed by atoms with Crippen LogP contribution in [0.25, 0.3) is 0 Å². The van der Waals surface area contributed by atoms with Crippen molar-refractivity contribution in [3.05, 3.63) is 53.6 Å². The standard InChI is InChI=1S/C19H19NO5/c1-2-13-5-3-4-6-15(13)20-18(21)12-25-19(22)14-7-8-16-17(11-14)24-10-9-23-16/h3-8,11H,2,9-10,12H2,1H3,(H,20,21). The molecule has 0 aromatic heterocycles. The van der Waals surface area contributed by atoms with Crippen molar-refractivity contribution >= 4 is 17.6 Å². The van der Waals surface area contributed by atoms with E-state index in [1.807, 2.05) is 31.2 Å². The summed E-state index contributed by atoms with van der Waals surface area (Å²) in [6.07, 6.45) is 0.799. The van der Waals surface area contributed by atoms with E-state index in [1.165, 1.54) is 0 Å². The second kappa shape index (κ2) is 7.70. The Morgan fingerprint density at radius 2 is 1.84 bits per heavy atom. The van der Waals surface area contributed by atoms with Gasteiger partial charge in [0.25, 0.3) is 5.91 Å². The molecule has 0 aliphatic carbocycles. The summed E-state index contributed by atoms with van der Waals surface area (Å²) in [7, 11) is 0. The van der Waals surface area contributed by atoms with Crippen molar-refractivity contribution in [3.63, 3.8) is 0 Å². The first kappa shape index (κ1) is 16.8. The highest BCUT2D eigenvalue weighted by Gasteiger charge is 2.17. The van der Waals surface area contributed by atoms with Gasteiger partial charge in [0, 0.05) is 5.69 Å². The van der Waals surface area contributed by atoms with E-state index in [1.54, 1.807) is 18.2 Å². The number of nitrogens with one attached hydrogen (secondary N) is 1. The lowest BCUT2D eigenvalue weighted by Crippen LogP contribution is -2.21. The Bertz CT molecular complexity index is 787. The second-order valence-electron chi connectivity index (χ2n) is 5.49. The van der Waals surface area contributed by atoms with Crippen LogP contribution in [-0.2, 0) is 16.0 Å². The highest BCUT2D eigenvalue weighted by molar-refractivity contribution is 5.96. The van der Waals surface area contributed by atoms with E-state index in [9.17, 15) is 9.59 Å². The van der Waals surface area contributed by atoms with Gasteiger partial charge in [-0.05, 0) is 36.2 Å². The van der Waals surface area contributed by atoms with Gasteiger partial charge in [-0.25, -0.2) is 4.79 Å². The molecule has 1 aliphatic heterocycles. The molecule has 0 atom stereocenters. The summed E-state index contributed by atoms with van der Waals surface area (Å²) in [4.78, 5) is 24.1. The Morgan fingerprint density at radius 1 is 1.08 bits per heavy atom. The number of esters is 1. The molecule has 2 aromatic rings. The number of carbonyl (C=O) groups is 2. The van der Waals surface area contributed by atoms with Crippen LogP contribution in [0.5, 0.6) is 11.5 Å². The lowest BCUT2D eigenvalue weighted by Gasteiger charge is -2.18. The Labute approximate surface area is 145 Å². The normalized spacial score (nSPS) is 12.4. The van der Waals surface area contributed by atoms with Gasteiger partial charge in [0.15, 0.2) is 18.1 Å². The molecule has 0 radical (unpaired) electrons. The summed E-state index contributed by atoms with van der Waals surface area (Å²) in [6, 6.07) is 12.3. The van der Waals surface area contributed by atoms with Crippen molar-refractivity contribution in [3.8, 4) is 11.5 Å². The first-order chi connectivity index (χ1) is 12.2. The summed E-state index contributed by atoms with van der Waals surface area (Å²) in [5, 5.41) is 2.76. The van der Waals surface area contributed by atoms with Crippen molar-refractivity contribution < 1.29 is 23.8 Å². The molecule has 6 nitrogen and oxygen atoms in total. The highest BCUT2D eigenvalue weighted by Crippen LogP contribution is 2.30. The fourth-order valence-corrected chi connectivity index (χ4v) is 2.52. The maximum absolute atomic E-state index is 12.1. The molecule has 130 valence electrons. The monoisotopic (exact) mass is 341 g/mol. The molecule has 0 saturated carbocycles. The van der Waals surface area contributed by atoms with E-state index in [4.69, 9.17) is 14.2 Å². The lowest BCUT2D eigenvalue weighted by atomic mass is 10.1. The lowest BCUT2D eigenvalue weighted by molar-refractivity contribution is -0.119. The van der Waals surface area contributed by atoms with E-state index in [2.05, 4.69) is 5.32 Å². The number of carbonyl (C=O) groups excluding carboxylic acids is 2. The van der Waals surface area contributed by atoms with Gasteiger partial charge in [0.2, 0.25) is 0 Å². The third-order valence-corrected chi connectivity index (χ3v) is 3.78. The molecule has 1 N–H and O–H groups in total. The zero-order valence-electron chi connectivity index (χ0n) is 13.9. The number of para-hydroxylation sites is 1. The van der Waals surface area contributed by atoms with Gasteiger partial charge in [-0.15, -0.1) is 0 Å². The number of fused-ring (bicyclic) bond motifs is 1. The molecule has 1 aliphatic rings. The molecule has 3 rings (SSSR count). The molecular formula is C19H19NO5. The van der Waals surface area contributed by atoms with Gasteiger partial charge in [0.1, 0.15) is 13.2 Å². The summed E-state index contributed by atoms with van der Waals surface area (Å²) in [6.45, 7) is 2.57. The minimum absolute atomic E-state index is 0.311. The quantitative estimate of drug-likeness (QED) is 0.847. The first-order valence-corrected chi connectivity index (χ1v) is 8.12. The number of benzene rings is 2. The fraction of sp³-hybridized carbons (Fsp3) is 0.263. The van der Waals surface area contributed by atoms with Crippen molar-refractivity contribution in [1.82, 2.24) is 0 Å². The molecular weight excluding hydrogens is 322 g/mol. The van der Waals surface area contributed by atoms with Crippen molar-refractivity contribution in [2.75, 3.05) is 25.1 Å². The molecule has 0 saturated heterocycles. The Kier molecular flexibility index (Phi) is 5.18. The number of ether oxygens (including phenoxy) is 3. The fourth-order valence-electron chi connectivity index (χ4n) is 2.52. The maximum Gasteiger partial charge on any atom is 0.338 e. The average molecular weight is 341 g/mol. The van der Waals surface area contributed by atoms with E-state index >= 15 is 0 Å². The van der Waals surface area contributed by atoms with Gasteiger partial charge in [0.05, 0.1) is 5.56 Å². The minimum atomic E-state index is -0.587. The number of amides is 1. The van der Waals surface area contributed by atoms with Crippen LogP contribution < -0.4 is 14.8 Å². The average Bonchev–Trinajstić information content (AvgIpc) is 2.66. The van der Waals surface area contributed by atoms with Gasteiger partial charge < -0.3 is 19.5 Å². The topological polar surface area (TPSA) is 73.9 Å². The van der Waals surface area contributed by atoms with E-state index in [0.717, 1.165) is 17.7 Å². The van der Waals surface area contributed by atoms with Crippen molar-refractivity contribution in [1.29, 1.82) is 0 Å². The van der Waals surface area contributed by atoms with Crippen LogP contribution in [0, 0.1) is 0 Å². The molecule has 0 fully saturated rings. The SMILES string of the molecule is CCc1ccccc1NC(=O)COC(=O)c1ccc2c(c1)OCCO2. The second-order valence-corrected chi connectivity index (χ2v) is 5.49. The van der Waals surface area contributed by atoms with Crippen LogP contribution in [0.3, 0.4) is 0 Å². The summed E-state index contributed by atoms with van der Waals surface area (Å²) >= 11 is 0. The number of rotatable bonds is 5. The predicted molar refractivity (Wildman–Crippen MR) is 92.2 cm³/mol. The Balaban J connectivity index is 1.57. The van der Waals surface area contributed by atoms with Crippen molar-refractivity contribution in [2.24, 2.45) is 0 Å². The molecule has 1 heterocycles. The molecule has 1 amide bonds. The van der Waals surface area contributed by atoms with Gasteiger partial charge in [-0.1, -0.05) is 25.1 Å². The zero-order valence-corrected chi connectivity index (χ0v) is 13.9. The minimum Gasteiger partial charge on any atom is -0.486 e. The molecule has 6 heteroatoms. The van der Waals surface area contributed by atoms with Crippen LogP contribution in [0.4, 0.5) is 5.69 Å². The highest BCUT2D eigenvalue weighted by atomic mass is 16.6.